The van der Waals surface area contributed by atoms with Gasteiger partial charge in [0.25, 0.3) is 5.91 Å². The van der Waals surface area contributed by atoms with Crippen molar-refractivity contribution < 1.29 is 22.7 Å². The number of aromatic nitrogens is 2. The molecule has 2 aromatic heterocycles. The highest BCUT2D eigenvalue weighted by atomic mass is 19.4. The number of pyridine rings is 2. The molecule has 1 N–H and O–H groups in total. The number of benzene rings is 1. The quantitative estimate of drug-likeness (QED) is 0.707. The molecule has 1 aromatic carbocycles. The van der Waals surface area contributed by atoms with Gasteiger partial charge in [0.1, 0.15) is 5.75 Å². The molecule has 1 amide bonds. The van der Waals surface area contributed by atoms with E-state index in [-0.39, 0.29) is 16.9 Å². The summed E-state index contributed by atoms with van der Waals surface area (Å²) in [7, 11) is 1.55. The Morgan fingerprint density at radius 2 is 1.83 bits per heavy atom. The van der Waals surface area contributed by atoms with E-state index in [0.717, 1.165) is 0 Å². The molecule has 3 aromatic rings. The lowest BCUT2D eigenvalue weighted by atomic mass is 10.0. The number of aromatic amines is 1. The Hall–Kier alpha value is -3.62. The maximum absolute atomic E-state index is 12.9. The molecule has 0 unspecified atom stereocenters. The number of amides is 1. The van der Waals surface area contributed by atoms with Gasteiger partial charge in [-0.3, -0.25) is 14.6 Å². The molecule has 1 atom stereocenters. The molecule has 0 spiro atoms. The van der Waals surface area contributed by atoms with Gasteiger partial charge in [-0.15, -0.1) is 13.2 Å². The molecule has 150 valence electrons. The summed E-state index contributed by atoms with van der Waals surface area (Å²) in [5.74, 6) is -0.761. The Balaban J connectivity index is 1.96. The number of rotatable bonds is 5. The van der Waals surface area contributed by atoms with E-state index in [1.54, 1.807) is 31.4 Å². The minimum absolute atomic E-state index is 0.255. The van der Waals surface area contributed by atoms with Gasteiger partial charge in [0.15, 0.2) is 0 Å². The van der Waals surface area contributed by atoms with Crippen molar-refractivity contribution in [3.8, 4) is 5.75 Å². The molecular weight excluding hydrogens is 387 g/mol. The Morgan fingerprint density at radius 3 is 2.38 bits per heavy atom. The van der Waals surface area contributed by atoms with Crippen LogP contribution in [0.5, 0.6) is 5.75 Å². The highest BCUT2D eigenvalue weighted by molar-refractivity contribution is 5.94. The molecule has 0 saturated carbocycles. The van der Waals surface area contributed by atoms with Crippen LogP contribution in [-0.4, -0.2) is 34.2 Å². The zero-order valence-corrected chi connectivity index (χ0v) is 15.2. The van der Waals surface area contributed by atoms with E-state index in [9.17, 15) is 22.8 Å². The van der Waals surface area contributed by atoms with Crippen LogP contribution >= 0.6 is 0 Å². The van der Waals surface area contributed by atoms with Crippen molar-refractivity contribution in [1.29, 1.82) is 0 Å². The third-order valence-electron chi connectivity index (χ3n) is 4.14. The van der Waals surface area contributed by atoms with Crippen molar-refractivity contribution in [2.75, 3.05) is 7.05 Å². The van der Waals surface area contributed by atoms with E-state index in [1.165, 1.54) is 47.5 Å². The van der Waals surface area contributed by atoms with Gasteiger partial charge in [0.05, 0.1) is 17.3 Å². The van der Waals surface area contributed by atoms with Gasteiger partial charge in [-0.05, 0) is 35.9 Å². The number of hydrogen-bond donors (Lipinski definition) is 1. The van der Waals surface area contributed by atoms with E-state index < -0.39 is 18.3 Å². The molecule has 0 radical (unpaired) electrons. The fraction of sp³-hybridized carbons (Fsp3) is 0.150. The highest BCUT2D eigenvalue weighted by Crippen LogP contribution is 2.30. The van der Waals surface area contributed by atoms with Crippen molar-refractivity contribution >= 4 is 5.91 Å². The summed E-state index contributed by atoms with van der Waals surface area (Å²) in [4.78, 5) is 32.3. The van der Waals surface area contributed by atoms with Crippen LogP contribution in [0.4, 0.5) is 13.2 Å². The summed E-state index contributed by atoms with van der Waals surface area (Å²) in [5, 5.41) is 0. The molecular formula is C20H16F3N3O3. The van der Waals surface area contributed by atoms with Crippen molar-refractivity contribution in [3.63, 3.8) is 0 Å². The zero-order chi connectivity index (χ0) is 21.0. The number of H-pyrrole nitrogens is 1. The normalized spacial score (nSPS) is 12.3. The molecule has 9 heteroatoms. The molecule has 3 rings (SSSR count). The predicted octanol–water partition coefficient (Wildman–Crippen LogP) is 3.53. The van der Waals surface area contributed by atoms with Crippen LogP contribution in [0.2, 0.25) is 0 Å². The van der Waals surface area contributed by atoms with Crippen LogP contribution in [0, 0.1) is 0 Å². The minimum Gasteiger partial charge on any atom is -0.406 e. The second kappa shape index (κ2) is 8.17. The lowest BCUT2D eigenvalue weighted by Crippen LogP contribution is -2.32. The molecule has 0 saturated heterocycles. The second-order valence-corrected chi connectivity index (χ2v) is 6.13. The Morgan fingerprint density at radius 1 is 1.10 bits per heavy atom. The summed E-state index contributed by atoms with van der Waals surface area (Å²) >= 11 is 0. The highest BCUT2D eigenvalue weighted by Gasteiger charge is 2.31. The van der Waals surface area contributed by atoms with Gasteiger partial charge >= 0.3 is 6.36 Å². The van der Waals surface area contributed by atoms with Crippen LogP contribution in [0.15, 0.2) is 71.8 Å². The van der Waals surface area contributed by atoms with Crippen LogP contribution in [0.1, 0.15) is 27.7 Å². The molecule has 0 aliphatic rings. The molecule has 0 bridgehead atoms. The fourth-order valence-electron chi connectivity index (χ4n) is 2.85. The topological polar surface area (TPSA) is 75.3 Å². The van der Waals surface area contributed by atoms with Crippen molar-refractivity contribution in [1.82, 2.24) is 14.9 Å². The smallest absolute Gasteiger partial charge is 0.406 e. The first-order chi connectivity index (χ1) is 13.7. The predicted molar refractivity (Wildman–Crippen MR) is 98.4 cm³/mol. The van der Waals surface area contributed by atoms with E-state index >= 15 is 0 Å². The maximum atomic E-state index is 12.9. The van der Waals surface area contributed by atoms with E-state index in [4.69, 9.17) is 0 Å². The number of halogens is 3. The first kappa shape index (κ1) is 20.1. The summed E-state index contributed by atoms with van der Waals surface area (Å²) < 4.78 is 41.1. The van der Waals surface area contributed by atoms with Gasteiger partial charge in [-0.2, -0.15) is 0 Å². The number of alkyl halides is 3. The monoisotopic (exact) mass is 403 g/mol. The van der Waals surface area contributed by atoms with Gasteiger partial charge < -0.3 is 14.6 Å². The number of hydrogen-bond acceptors (Lipinski definition) is 4. The van der Waals surface area contributed by atoms with E-state index in [1.807, 2.05) is 0 Å². The van der Waals surface area contributed by atoms with Crippen molar-refractivity contribution in [2.45, 2.75) is 12.4 Å². The first-order valence-electron chi connectivity index (χ1n) is 8.47. The molecule has 0 aliphatic carbocycles. The minimum atomic E-state index is -4.79. The van der Waals surface area contributed by atoms with Crippen molar-refractivity contribution in [3.05, 3.63) is 94.2 Å². The largest absolute Gasteiger partial charge is 0.573 e. The summed E-state index contributed by atoms with van der Waals surface area (Å²) in [6, 6.07) is 12.4. The van der Waals surface area contributed by atoms with Crippen LogP contribution in [0.25, 0.3) is 0 Å². The Kier molecular flexibility index (Phi) is 5.67. The van der Waals surface area contributed by atoms with Crippen LogP contribution in [0.3, 0.4) is 0 Å². The molecule has 0 aliphatic heterocycles. The maximum Gasteiger partial charge on any atom is 0.573 e. The standard InChI is InChI=1S/C20H16F3N3O3/c1-26(19(28)14-7-10-17(27)25-12-14)18(16-4-2-3-11-24-16)13-5-8-15(9-6-13)29-20(21,22)23/h2-12,18H,1H3,(H,25,27)/t18-/m0/s1. The lowest BCUT2D eigenvalue weighted by molar-refractivity contribution is -0.274. The Bertz CT molecular complexity index is 1010. The van der Waals surface area contributed by atoms with Crippen LogP contribution < -0.4 is 10.3 Å². The number of nitrogens with zero attached hydrogens (tertiary/aromatic N) is 2. The molecule has 2 heterocycles. The number of carbonyl (C=O) groups is 1. The van der Waals surface area contributed by atoms with Gasteiger partial charge in [-0.1, -0.05) is 18.2 Å². The zero-order valence-electron chi connectivity index (χ0n) is 15.2. The van der Waals surface area contributed by atoms with Crippen LogP contribution in [-0.2, 0) is 0 Å². The fourth-order valence-corrected chi connectivity index (χ4v) is 2.85. The van der Waals surface area contributed by atoms with E-state index in [2.05, 4.69) is 14.7 Å². The number of nitrogens with one attached hydrogen (secondary N) is 1. The first-order valence-corrected chi connectivity index (χ1v) is 8.47. The summed E-state index contributed by atoms with van der Waals surface area (Å²) in [5.41, 5.74) is 0.978. The average molecular weight is 403 g/mol. The number of carbonyl (C=O) groups excluding carboxylic acids is 1. The second-order valence-electron chi connectivity index (χ2n) is 6.13. The van der Waals surface area contributed by atoms with Gasteiger partial charge in [-0.25, -0.2) is 0 Å². The molecule has 0 fully saturated rings. The lowest BCUT2D eigenvalue weighted by Gasteiger charge is -2.28. The average Bonchev–Trinajstić information content (AvgIpc) is 2.69. The van der Waals surface area contributed by atoms with E-state index in [0.29, 0.717) is 11.3 Å². The van der Waals surface area contributed by atoms with Gasteiger partial charge in [0, 0.05) is 25.5 Å². The SMILES string of the molecule is CN(C(=O)c1ccc(=O)[nH]c1)[C@@H](c1ccc(OC(F)(F)F)cc1)c1ccccn1. The molecule has 6 nitrogen and oxygen atoms in total. The van der Waals surface area contributed by atoms with Crippen molar-refractivity contribution in [2.24, 2.45) is 0 Å². The van der Waals surface area contributed by atoms with Gasteiger partial charge in [0.2, 0.25) is 5.56 Å². The third-order valence-corrected chi connectivity index (χ3v) is 4.14. The third kappa shape index (κ3) is 5.01. The number of ether oxygens (including phenoxy) is 1. The Labute approximate surface area is 163 Å². The molecule has 29 heavy (non-hydrogen) atoms. The summed E-state index contributed by atoms with van der Waals surface area (Å²) in [6.07, 6.45) is -1.93. The summed E-state index contributed by atoms with van der Waals surface area (Å²) in [6.45, 7) is 0.